The van der Waals surface area contributed by atoms with Gasteiger partial charge in [-0.15, -0.1) is 0 Å². The normalized spacial score (nSPS) is 12.2. The molecule has 0 saturated carbocycles. The Morgan fingerprint density at radius 1 is 1.53 bits per heavy atom. The van der Waals surface area contributed by atoms with E-state index in [1.807, 2.05) is 6.92 Å². The molecular weight excluding hydrogens is 250 g/mol. The Bertz CT molecular complexity index is 488. The first-order chi connectivity index (χ1) is 8.86. The number of nitrogens with zero attached hydrogens (tertiary/aromatic N) is 2. The lowest BCUT2D eigenvalue weighted by molar-refractivity contribution is -0.385. The van der Waals surface area contributed by atoms with E-state index in [1.54, 1.807) is 19.0 Å². The van der Waals surface area contributed by atoms with Crippen LogP contribution >= 0.6 is 0 Å². The summed E-state index contributed by atoms with van der Waals surface area (Å²) in [4.78, 5) is 23.7. The van der Waals surface area contributed by atoms with Crippen molar-refractivity contribution < 1.29 is 14.8 Å². The van der Waals surface area contributed by atoms with Crippen LogP contribution in [0.5, 0.6) is 5.75 Å². The zero-order valence-corrected chi connectivity index (χ0v) is 11.1. The van der Waals surface area contributed by atoms with Gasteiger partial charge in [-0.05, 0) is 32.6 Å². The molecule has 0 radical (unpaired) electrons. The summed E-state index contributed by atoms with van der Waals surface area (Å²) in [6, 6.07) is 3.43. The van der Waals surface area contributed by atoms with Gasteiger partial charge in [-0.2, -0.15) is 0 Å². The molecule has 0 heterocycles. The van der Waals surface area contributed by atoms with Crippen LogP contribution in [0.15, 0.2) is 18.2 Å². The van der Waals surface area contributed by atoms with Crippen molar-refractivity contribution in [2.24, 2.45) is 0 Å². The van der Waals surface area contributed by atoms with Crippen LogP contribution in [0.1, 0.15) is 13.3 Å². The van der Waals surface area contributed by atoms with Crippen molar-refractivity contribution >= 4 is 17.3 Å². The molecule has 7 nitrogen and oxygen atoms in total. The van der Waals surface area contributed by atoms with Gasteiger partial charge in [0.15, 0.2) is 5.75 Å². The summed E-state index contributed by atoms with van der Waals surface area (Å²) in [6.45, 7) is 1.88. The number of carbonyl (C=O) groups excluding carboxylic acids is 1. The summed E-state index contributed by atoms with van der Waals surface area (Å²) in [5.41, 5.74) is -0.148. The largest absolute Gasteiger partial charge is 0.502 e. The lowest BCUT2D eigenvalue weighted by atomic mass is 10.2. The van der Waals surface area contributed by atoms with Crippen LogP contribution in [0.25, 0.3) is 0 Å². The first-order valence-corrected chi connectivity index (χ1v) is 5.81. The minimum atomic E-state index is -0.700. The van der Waals surface area contributed by atoms with E-state index in [4.69, 9.17) is 0 Å². The Labute approximate surface area is 111 Å². The van der Waals surface area contributed by atoms with Crippen LogP contribution in [0.4, 0.5) is 11.4 Å². The van der Waals surface area contributed by atoms with Gasteiger partial charge in [0, 0.05) is 11.8 Å². The second-order valence-electron chi connectivity index (χ2n) is 4.34. The predicted octanol–water partition coefficient (Wildman–Crippen LogP) is 1.58. The number of aromatic hydroxyl groups is 1. The standard InChI is InChI=1S/C12H17N3O4/c1-4-9(14(2)3)12(17)13-8-5-6-11(16)10(7-8)15(18)19/h5-7,9,16H,4H2,1-3H3,(H,13,17)/t9-/m1/s1. The molecule has 0 bridgehead atoms. The monoisotopic (exact) mass is 267 g/mol. The average molecular weight is 267 g/mol. The molecule has 0 aromatic heterocycles. The Balaban J connectivity index is 2.91. The molecule has 1 aromatic carbocycles. The quantitative estimate of drug-likeness (QED) is 0.479. The van der Waals surface area contributed by atoms with Crippen molar-refractivity contribution in [2.75, 3.05) is 19.4 Å². The van der Waals surface area contributed by atoms with Crippen LogP contribution in [0.2, 0.25) is 0 Å². The molecule has 0 spiro atoms. The third kappa shape index (κ3) is 3.65. The van der Waals surface area contributed by atoms with Crippen molar-refractivity contribution in [3.63, 3.8) is 0 Å². The fourth-order valence-corrected chi connectivity index (χ4v) is 1.76. The minimum absolute atomic E-state index is 0.243. The van der Waals surface area contributed by atoms with E-state index in [-0.39, 0.29) is 17.6 Å². The van der Waals surface area contributed by atoms with Crippen molar-refractivity contribution in [3.05, 3.63) is 28.3 Å². The Morgan fingerprint density at radius 2 is 2.16 bits per heavy atom. The van der Waals surface area contributed by atoms with E-state index >= 15 is 0 Å². The first kappa shape index (κ1) is 14.9. The van der Waals surface area contributed by atoms with Crippen LogP contribution in [0, 0.1) is 10.1 Å². The third-order valence-electron chi connectivity index (χ3n) is 2.75. The number of benzene rings is 1. The van der Waals surface area contributed by atoms with Gasteiger partial charge < -0.3 is 10.4 Å². The highest BCUT2D eigenvalue weighted by atomic mass is 16.6. The molecule has 0 fully saturated rings. The summed E-state index contributed by atoms with van der Waals surface area (Å²) in [6.07, 6.45) is 0.624. The van der Waals surface area contributed by atoms with Crippen molar-refractivity contribution in [1.82, 2.24) is 4.90 Å². The maximum Gasteiger partial charge on any atom is 0.312 e. The summed E-state index contributed by atoms with van der Waals surface area (Å²) in [5, 5.41) is 22.6. The highest BCUT2D eigenvalue weighted by molar-refractivity contribution is 5.95. The van der Waals surface area contributed by atoms with Crippen LogP contribution in [-0.4, -0.2) is 41.0 Å². The maximum absolute atomic E-state index is 12.0. The molecule has 0 aliphatic carbocycles. The molecule has 104 valence electrons. The Hall–Kier alpha value is -2.15. The van der Waals surface area contributed by atoms with Crippen LogP contribution in [-0.2, 0) is 4.79 Å². The summed E-state index contributed by atoms with van der Waals surface area (Å²) in [7, 11) is 3.57. The number of phenolic OH excluding ortho intramolecular Hbond substituents is 1. The molecule has 19 heavy (non-hydrogen) atoms. The lowest BCUT2D eigenvalue weighted by Gasteiger charge is -2.21. The van der Waals surface area contributed by atoms with Gasteiger partial charge in [-0.25, -0.2) is 0 Å². The average Bonchev–Trinajstić information content (AvgIpc) is 2.31. The predicted molar refractivity (Wildman–Crippen MR) is 71.2 cm³/mol. The zero-order chi connectivity index (χ0) is 14.6. The number of amides is 1. The number of anilines is 1. The van der Waals surface area contributed by atoms with Gasteiger partial charge in [0.05, 0.1) is 11.0 Å². The van der Waals surface area contributed by atoms with Gasteiger partial charge in [0.2, 0.25) is 5.91 Å². The first-order valence-electron chi connectivity index (χ1n) is 5.81. The molecule has 2 N–H and O–H groups in total. The minimum Gasteiger partial charge on any atom is -0.502 e. The fourth-order valence-electron chi connectivity index (χ4n) is 1.76. The Morgan fingerprint density at radius 3 is 2.63 bits per heavy atom. The van der Waals surface area contributed by atoms with Crippen molar-refractivity contribution in [3.8, 4) is 5.75 Å². The lowest BCUT2D eigenvalue weighted by Crippen LogP contribution is -2.39. The smallest absolute Gasteiger partial charge is 0.312 e. The molecule has 1 aromatic rings. The zero-order valence-electron chi connectivity index (χ0n) is 11.1. The molecular formula is C12H17N3O4. The number of likely N-dealkylation sites (N-methyl/N-ethyl adjacent to an activating group) is 1. The van der Waals surface area contributed by atoms with Gasteiger partial charge in [-0.1, -0.05) is 6.92 Å². The van der Waals surface area contributed by atoms with Crippen LogP contribution in [0.3, 0.4) is 0 Å². The van der Waals surface area contributed by atoms with E-state index in [0.717, 1.165) is 6.07 Å². The second kappa shape index (κ2) is 6.14. The number of nitro benzene ring substituents is 1. The SMILES string of the molecule is CC[C@H](C(=O)Nc1ccc(O)c([N+](=O)[O-])c1)N(C)C. The van der Waals surface area contributed by atoms with Crippen molar-refractivity contribution in [1.29, 1.82) is 0 Å². The van der Waals surface area contributed by atoms with E-state index in [9.17, 15) is 20.0 Å². The van der Waals surface area contributed by atoms with Gasteiger partial charge in [0.1, 0.15) is 0 Å². The topological polar surface area (TPSA) is 95.7 Å². The van der Waals surface area contributed by atoms with Gasteiger partial charge >= 0.3 is 5.69 Å². The summed E-state index contributed by atoms with van der Waals surface area (Å²) >= 11 is 0. The number of nitro groups is 1. The number of hydrogen-bond donors (Lipinski definition) is 2. The van der Waals surface area contributed by atoms with E-state index in [2.05, 4.69) is 5.32 Å². The molecule has 1 atom stereocenters. The molecule has 0 aliphatic rings. The number of nitrogens with one attached hydrogen (secondary N) is 1. The number of carbonyl (C=O) groups is 1. The molecule has 1 amide bonds. The fraction of sp³-hybridized carbons (Fsp3) is 0.417. The molecule has 0 unspecified atom stereocenters. The Kier molecular flexibility index (Phi) is 4.82. The highest BCUT2D eigenvalue weighted by Gasteiger charge is 2.20. The molecule has 1 rings (SSSR count). The third-order valence-corrected chi connectivity index (χ3v) is 2.75. The molecule has 0 saturated heterocycles. The molecule has 0 aliphatic heterocycles. The number of hydrogen-bond acceptors (Lipinski definition) is 5. The van der Waals surface area contributed by atoms with Gasteiger partial charge in [-0.3, -0.25) is 19.8 Å². The van der Waals surface area contributed by atoms with Crippen LogP contribution < -0.4 is 5.32 Å². The van der Waals surface area contributed by atoms with Crippen molar-refractivity contribution in [2.45, 2.75) is 19.4 Å². The van der Waals surface area contributed by atoms with E-state index in [0.29, 0.717) is 6.42 Å². The van der Waals surface area contributed by atoms with E-state index < -0.39 is 16.4 Å². The van der Waals surface area contributed by atoms with Gasteiger partial charge in [0.25, 0.3) is 0 Å². The number of rotatable bonds is 5. The maximum atomic E-state index is 12.0. The summed E-state index contributed by atoms with van der Waals surface area (Å²) < 4.78 is 0. The number of phenols is 1. The summed E-state index contributed by atoms with van der Waals surface area (Å²) in [5.74, 6) is -0.671. The highest BCUT2D eigenvalue weighted by Crippen LogP contribution is 2.28. The second-order valence-corrected chi connectivity index (χ2v) is 4.34. The molecule has 7 heteroatoms. The van der Waals surface area contributed by atoms with E-state index in [1.165, 1.54) is 12.1 Å².